The Morgan fingerprint density at radius 3 is 2.40 bits per heavy atom. The van der Waals surface area contributed by atoms with Gasteiger partial charge in [0.1, 0.15) is 5.82 Å². The zero-order valence-electron chi connectivity index (χ0n) is 8.70. The Morgan fingerprint density at radius 2 is 1.93 bits per heavy atom. The Morgan fingerprint density at radius 1 is 1.33 bits per heavy atom. The third kappa shape index (κ3) is 3.60. The van der Waals surface area contributed by atoms with E-state index in [0.717, 1.165) is 6.07 Å². The molecule has 1 rings (SSSR count). The van der Waals surface area contributed by atoms with E-state index in [0.29, 0.717) is 17.9 Å². The van der Waals surface area contributed by atoms with Crippen LogP contribution < -0.4 is 5.14 Å². The Bertz CT molecular complexity index is 454. The summed E-state index contributed by atoms with van der Waals surface area (Å²) in [5, 5.41) is 4.93. The first-order chi connectivity index (χ1) is 6.79. The molecule has 0 aliphatic heterocycles. The number of benzene rings is 1. The van der Waals surface area contributed by atoms with Gasteiger partial charge in [0, 0.05) is 0 Å². The van der Waals surface area contributed by atoms with Crippen molar-refractivity contribution in [1.82, 2.24) is 0 Å². The average molecular weight is 231 g/mol. The van der Waals surface area contributed by atoms with Crippen LogP contribution in [0.25, 0.3) is 0 Å². The molecule has 84 valence electrons. The van der Waals surface area contributed by atoms with Crippen LogP contribution in [0.4, 0.5) is 4.39 Å². The van der Waals surface area contributed by atoms with Crippen molar-refractivity contribution in [2.45, 2.75) is 25.2 Å². The lowest BCUT2D eigenvalue weighted by molar-refractivity contribution is 0.587. The van der Waals surface area contributed by atoms with E-state index in [4.69, 9.17) is 5.14 Å². The number of hydrogen-bond acceptors (Lipinski definition) is 2. The van der Waals surface area contributed by atoms with Crippen molar-refractivity contribution in [2.75, 3.05) is 0 Å². The molecule has 0 heterocycles. The molecule has 15 heavy (non-hydrogen) atoms. The van der Waals surface area contributed by atoms with E-state index < -0.39 is 15.8 Å². The van der Waals surface area contributed by atoms with Gasteiger partial charge in [0.15, 0.2) is 0 Å². The van der Waals surface area contributed by atoms with Crippen LogP contribution in [0.3, 0.4) is 0 Å². The first-order valence-electron chi connectivity index (χ1n) is 4.61. The van der Waals surface area contributed by atoms with Gasteiger partial charge in [-0.1, -0.05) is 13.8 Å². The predicted octanol–water partition coefficient (Wildman–Crippen LogP) is 1.67. The smallest absolute Gasteiger partial charge is 0.225 e. The largest absolute Gasteiger partial charge is 0.238 e. The number of hydrogen-bond donors (Lipinski definition) is 1. The maximum absolute atomic E-state index is 13.1. The highest BCUT2D eigenvalue weighted by atomic mass is 32.2. The van der Waals surface area contributed by atoms with Gasteiger partial charge in [-0.25, -0.2) is 17.9 Å². The molecule has 1 aromatic rings. The lowest BCUT2D eigenvalue weighted by Crippen LogP contribution is -2.13. The minimum absolute atomic E-state index is 0.168. The van der Waals surface area contributed by atoms with E-state index in [9.17, 15) is 12.8 Å². The highest BCUT2D eigenvalue weighted by Crippen LogP contribution is 2.16. The van der Waals surface area contributed by atoms with Crippen LogP contribution in [-0.2, 0) is 16.4 Å². The molecule has 1 aromatic carbocycles. The SMILES string of the molecule is CC(C)Cc1cc(F)cc(S(N)(=O)=O)c1. The average Bonchev–Trinajstić information content (AvgIpc) is 1.99. The van der Waals surface area contributed by atoms with Crippen LogP contribution in [0.5, 0.6) is 0 Å². The van der Waals surface area contributed by atoms with E-state index >= 15 is 0 Å². The highest BCUT2D eigenvalue weighted by Gasteiger charge is 2.11. The molecule has 0 aliphatic carbocycles. The summed E-state index contributed by atoms with van der Waals surface area (Å²) < 4.78 is 35.2. The molecule has 3 nitrogen and oxygen atoms in total. The van der Waals surface area contributed by atoms with Gasteiger partial charge in [-0.05, 0) is 36.1 Å². The summed E-state index contributed by atoms with van der Waals surface area (Å²) in [5.41, 5.74) is 0.647. The van der Waals surface area contributed by atoms with Crippen molar-refractivity contribution in [3.8, 4) is 0 Å². The van der Waals surface area contributed by atoms with Crippen molar-refractivity contribution in [1.29, 1.82) is 0 Å². The van der Waals surface area contributed by atoms with Crippen LogP contribution in [0.15, 0.2) is 23.1 Å². The highest BCUT2D eigenvalue weighted by molar-refractivity contribution is 7.89. The molecular weight excluding hydrogens is 217 g/mol. The molecule has 0 saturated heterocycles. The fourth-order valence-electron chi connectivity index (χ4n) is 1.37. The van der Waals surface area contributed by atoms with Crippen LogP contribution in [0, 0.1) is 11.7 Å². The van der Waals surface area contributed by atoms with Gasteiger partial charge < -0.3 is 0 Å². The van der Waals surface area contributed by atoms with E-state index in [1.807, 2.05) is 13.8 Å². The topological polar surface area (TPSA) is 60.2 Å². The van der Waals surface area contributed by atoms with Crippen molar-refractivity contribution >= 4 is 10.0 Å². The van der Waals surface area contributed by atoms with Crippen molar-refractivity contribution in [2.24, 2.45) is 11.1 Å². The number of primary sulfonamides is 1. The van der Waals surface area contributed by atoms with Gasteiger partial charge in [-0.3, -0.25) is 0 Å². The van der Waals surface area contributed by atoms with Gasteiger partial charge in [0.2, 0.25) is 10.0 Å². The van der Waals surface area contributed by atoms with Crippen LogP contribution in [0.2, 0.25) is 0 Å². The summed E-state index contributed by atoms with van der Waals surface area (Å²) in [4.78, 5) is -0.168. The second kappa shape index (κ2) is 4.28. The Kier molecular flexibility index (Phi) is 3.46. The van der Waals surface area contributed by atoms with Crippen molar-refractivity contribution in [3.05, 3.63) is 29.6 Å². The zero-order chi connectivity index (χ0) is 11.6. The second-order valence-corrected chi connectivity index (χ2v) is 5.50. The van der Waals surface area contributed by atoms with Gasteiger partial charge >= 0.3 is 0 Å². The van der Waals surface area contributed by atoms with Crippen LogP contribution in [-0.4, -0.2) is 8.42 Å². The molecule has 0 fully saturated rings. The maximum atomic E-state index is 13.1. The van der Waals surface area contributed by atoms with Crippen LogP contribution in [0.1, 0.15) is 19.4 Å². The number of rotatable bonds is 3. The van der Waals surface area contributed by atoms with Gasteiger partial charge in [-0.15, -0.1) is 0 Å². The maximum Gasteiger partial charge on any atom is 0.238 e. The molecule has 0 radical (unpaired) electrons. The Balaban J connectivity index is 3.17. The molecule has 0 aliphatic rings. The van der Waals surface area contributed by atoms with E-state index in [-0.39, 0.29) is 4.90 Å². The molecule has 0 spiro atoms. The predicted molar refractivity (Wildman–Crippen MR) is 56.3 cm³/mol. The fraction of sp³-hybridized carbons (Fsp3) is 0.400. The molecule has 0 aromatic heterocycles. The number of halogens is 1. The Hall–Kier alpha value is -0.940. The number of sulfonamides is 1. The molecular formula is C10H14FNO2S. The minimum atomic E-state index is -3.82. The monoisotopic (exact) mass is 231 g/mol. The molecule has 0 bridgehead atoms. The summed E-state index contributed by atoms with van der Waals surface area (Å²) >= 11 is 0. The van der Waals surface area contributed by atoms with Crippen molar-refractivity contribution < 1.29 is 12.8 Å². The summed E-state index contributed by atoms with van der Waals surface area (Å²) in [6, 6.07) is 3.67. The lowest BCUT2D eigenvalue weighted by Gasteiger charge is -2.07. The van der Waals surface area contributed by atoms with Crippen LogP contribution >= 0.6 is 0 Å². The van der Waals surface area contributed by atoms with Gasteiger partial charge in [0.25, 0.3) is 0 Å². The second-order valence-electron chi connectivity index (χ2n) is 3.94. The first-order valence-corrected chi connectivity index (χ1v) is 6.16. The quantitative estimate of drug-likeness (QED) is 0.860. The summed E-state index contributed by atoms with van der Waals surface area (Å²) in [5.74, 6) is -0.239. The Labute approximate surface area is 89.2 Å². The molecule has 0 amide bonds. The number of nitrogens with two attached hydrogens (primary N) is 1. The van der Waals surface area contributed by atoms with E-state index in [2.05, 4.69) is 0 Å². The van der Waals surface area contributed by atoms with Gasteiger partial charge in [-0.2, -0.15) is 0 Å². The summed E-state index contributed by atoms with van der Waals surface area (Å²) in [6.45, 7) is 3.95. The van der Waals surface area contributed by atoms with Crippen molar-refractivity contribution in [3.63, 3.8) is 0 Å². The molecule has 0 saturated carbocycles. The third-order valence-corrected chi connectivity index (χ3v) is 2.80. The summed E-state index contributed by atoms with van der Waals surface area (Å²) in [6.07, 6.45) is 0.625. The van der Waals surface area contributed by atoms with E-state index in [1.54, 1.807) is 0 Å². The summed E-state index contributed by atoms with van der Waals surface area (Å²) in [7, 11) is -3.82. The standard InChI is InChI=1S/C10H14FNO2S/c1-7(2)3-8-4-9(11)6-10(5-8)15(12,13)14/h4-7H,3H2,1-2H3,(H2,12,13,14). The lowest BCUT2D eigenvalue weighted by atomic mass is 10.0. The van der Waals surface area contributed by atoms with E-state index in [1.165, 1.54) is 12.1 Å². The molecule has 5 heteroatoms. The fourth-order valence-corrected chi connectivity index (χ4v) is 1.97. The zero-order valence-corrected chi connectivity index (χ0v) is 9.51. The molecule has 0 atom stereocenters. The van der Waals surface area contributed by atoms with Gasteiger partial charge in [0.05, 0.1) is 4.90 Å². The third-order valence-electron chi connectivity index (χ3n) is 1.90. The normalized spacial score (nSPS) is 12.1. The minimum Gasteiger partial charge on any atom is -0.225 e. The molecule has 0 unspecified atom stereocenters. The first kappa shape index (κ1) is 12.1. The molecule has 2 N–H and O–H groups in total.